The smallest absolute Gasteiger partial charge is 0.294 e. The number of fused-ring (bicyclic) bond motifs is 2. The third-order valence-electron chi connectivity index (χ3n) is 5.48. The Kier molecular flexibility index (Phi) is 4.67. The molecule has 29 heavy (non-hydrogen) atoms. The molecule has 0 amide bonds. The SMILES string of the molecule is Cc1cnn(-c2ccc(-c3nnc(O[C@H]4CC5CCCC(N5)[C@@H]4F)s3)c(O)c2)n1. The highest BCUT2D eigenvalue weighted by atomic mass is 32.1. The van der Waals surface area contributed by atoms with Crippen molar-refractivity contribution in [3.63, 3.8) is 0 Å². The zero-order valence-corrected chi connectivity index (χ0v) is 16.6. The summed E-state index contributed by atoms with van der Waals surface area (Å²) in [6.07, 6.45) is 3.64. The second-order valence-electron chi connectivity index (χ2n) is 7.59. The molecule has 3 aromatic rings. The van der Waals surface area contributed by atoms with E-state index in [0.717, 1.165) is 25.0 Å². The second-order valence-corrected chi connectivity index (χ2v) is 8.53. The zero-order chi connectivity index (χ0) is 20.0. The van der Waals surface area contributed by atoms with Crippen molar-refractivity contribution in [3.8, 4) is 27.2 Å². The van der Waals surface area contributed by atoms with E-state index in [1.54, 1.807) is 24.4 Å². The molecule has 2 N–H and O–H groups in total. The number of benzene rings is 1. The Balaban J connectivity index is 1.33. The number of nitrogens with one attached hydrogen (secondary N) is 1. The summed E-state index contributed by atoms with van der Waals surface area (Å²) in [6.45, 7) is 1.85. The Morgan fingerprint density at radius 3 is 3.00 bits per heavy atom. The molecule has 4 heterocycles. The number of piperidine rings is 2. The standard InChI is InChI=1S/C19H21FN6O2S/c1-10-9-21-26(25-10)12-5-6-13(15(27)8-12)18-23-24-19(29-18)28-16-7-11-3-2-4-14(22-11)17(16)20/h5-6,8-9,11,14,16-17,22,27H,2-4,7H2,1H3/t11?,14?,16-,17-/m0/s1. The van der Waals surface area contributed by atoms with Crippen LogP contribution in [0.1, 0.15) is 31.4 Å². The molecule has 2 aliphatic heterocycles. The lowest BCUT2D eigenvalue weighted by atomic mass is 9.84. The molecule has 8 nitrogen and oxygen atoms in total. The van der Waals surface area contributed by atoms with Crippen LogP contribution in [0.5, 0.6) is 10.9 Å². The first-order chi connectivity index (χ1) is 14.1. The largest absolute Gasteiger partial charge is 0.507 e. The first-order valence-electron chi connectivity index (χ1n) is 9.70. The summed E-state index contributed by atoms with van der Waals surface area (Å²) in [4.78, 5) is 1.45. The third kappa shape index (κ3) is 3.58. The Morgan fingerprint density at radius 1 is 1.31 bits per heavy atom. The Labute approximate surface area is 170 Å². The van der Waals surface area contributed by atoms with E-state index in [0.29, 0.717) is 33.9 Å². The van der Waals surface area contributed by atoms with E-state index < -0.39 is 12.3 Å². The van der Waals surface area contributed by atoms with E-state index in [-0.39, 0.29) is 11.8 Å². The molecule has 5 rings (SSSR count). The molecule has 152 valence electrons. The molecule has 2 fully saturated rings. The minimum atomic E-state index is -1.06. The maximum absolute atomic E-state index is 14.7. The maximum atomic E-state index is 14.7. The van der Waals surface area contributed by atoms with E-state index in [9.17, 15) is 9.50 Å². The number of halogens is 1. The molecule has 0 saturated carbocycles. The van der Waals surface area contributed by atoms with E-state index in [1.165, 1.54) is 16.1 Å². The number of aromatic nitrogens is 5. The normalized spacial score (nSPS) is 26.4. The monoisotopic (exact) mass is 416 g/mol. The number of phenolic OH excluding ortho intramolecular Hbond substituents is 1. The van der Waals surface area contributed by atoms with Gasteiger partial charge in [0.1, 0.15) is 11.9 Å². The molecule has 0 spiro atoms. The van der Waals surface area contributed by atoms with Crippen LogP contribution in [0.3, 0.4) is 0 Å². The van der Waals surface area contributed by atoms with Crippen LogP contribution in [-0.2, 0) is 0 Å². The maximum Gasteiger partial charge on any atom is 0.294 e. The molecule has 10 heteroatoms. The van der Waals surface area contributed by atoms with E-state index in [4.69, 9.17) is 4.74 Å². The van der Waals surface area contributed by atoms with Gasteiger partial charge in [-0.1, -0.05) is 22.9 Å². The average Bonchev–Trinajstić information content (AvgIpc) is 3.35. The van der Waals surface area contributed by atoms with Crippen molar-refractivity contribution >= 4 is 11.3 Å². The van der Waals surface area contributed by atoms with Gasteiger partial charge in [0.2, 0.25) is 0 Å². The Bertz CT molecular complexity index is 1020. The molecule has 2 saturated heterocycles. The van der Waals surface area contributed by atoms with Crippen molar-refractivity contribution in [1.29, 1.82) is 0 Å². The summed E-state index contributed by atoms with van der Waals surface area (Å²) in [5.74, 6) is 0.0416. The highest BCUT2D eigenvalue weighted by Crippen LogP contribution is 2.37. The van der Waals surface area contributed by atoms with Crippen LogP contribution in [0.25, 0.3) is 16.3 Å². The van der Waals surface area contributed by atoms with Crippen LogP contribution in [-0.4, -0.2) is 54.7 Å². The lowest BCUT2D eigenvalue weighted by Gasteiger charge is -2.42. The number of aryl methyl sites for hydroxylation is 1. The molecule has 2 unspecified atom stereocenters. The predicted molar refractivity (Wildman–Crippen MR) is 105 cm³/mol. The van der Waals surface area contributed by atoms with Gasteiger partial charge in [0.05, 0.1) is 23.1 Å². The fourth-order valence-corrected chi connectivity index (χ4v) is 4.84. The third-order valence-corrected chi connectivity index (χ3v) is 6.33. The van der Waals surface area contributed by atoms with Gasteiger partial charge in [0.25, 0.3) is 5.19 Å². The lowest BCUT2D eigenvalue weighted by Crippen LogP contribution is -2.58. The van der Waals surface area contributed by atoms with Gasteiger partial charge in [-0.25, -0.2) is 4.39 Å². The van der Waals surface area contributed by atoms with Gasteiger partial charge in [0.15, 0.2) is 11.2 Å². The topological polar surface area (TPSA) is 98.0 Å². The molecular formula is C19H21FN6O2S. The summed E-state index contributed by atoms with van der Waals surface area (Å²) in [5, 5.41) is 31.2. The average molecular weight is 416 g/mol. The highest BCUT2D eigenvalue weighted by Gasteiger charge is 2.41. The van der Waals surface area contributed by atoms with Gasteiger partial charge in [-0.15, -0.1) is 5.10 Å². The van der Waals surface area contributed by atoms with Crippen molar-refractivity contribution in [3.05, 3.63) is 30.1 Å². The lowest BCUT2D eigenvalue weighted by molar-refractivity contribution is 0.00888. The number of alkyl halides is 1. The van der Waals surface area contributed by atoms with Gasteiger partial charge in [-0.3, -0.25) is 0 Å². The molecule has 2 aromatic heterocycles. The zero-order valence-electron chi connectivity index (χ0n) is 15.8. The van der Waals surface area contributed by atoms with Crippen molar-refractivity contribution in [2.24, 2.45) is 0 Å². The molecule has 0 aliphatic carbocycles. The van der Waals surface area contributed by atoms with Crippen molar-refractivity contribution in [1.82, 2.24) is 30.5 Å². The summed E-state index contributed by atoms with van der Waals surface area (Å²) in [5.41, 5.74) is 1.96. The van der Waals surface area contributed by atoms with Crippen molar-refractivity contribution < 1.29 is 14.2 Å². The number of phenols is 1. The van der Waals surface area contributed by atoms with Crippen LogP contribution >= 0.6 is 11.3 Å². The van der Waals surface area contributed by atoms with Crippen molar-refractivity contribution in [2.45, 2.75) is 57.0 Å². The number of hydrogen-bond donors (Lipinski definition) is 2. The van der Waals surface area contributed by atoms with Gasteiger partial charge in [-0.05, 0) is 31.9 Å². The Morgan fingerprint density at radius 2 is 2.21 bits per heavy atom. The minimum absolute atomic E-state index is 0.0416. The molecule has 2 bridgehead atoms. The summed E-state index contributed by atoms with van der Waals surface area (Å²) in [7, 11) is 0. The van der Waals surface area contributed by atoms with Gasteiger partial charge >= 0.3 is 0 Å². The van der Waals surface area contributed by atoms with E-state index in [2.05, 4.69) is 25.7 Å². The number of ether oxygens (including phenoxy) is 1. The van der Waals surface area contributed by atoms with Crippen LogP contribution in [0.15, 0.2) is 24.4 Å². The highest BCUT2D eigenvalue weighted by molar-refractivity contribution is 7.16. The van der Waals surface area contributed by atoms with Gasteiger partial charge in [0, 0.05) is 24.6 Å². The van der Waals surface area contributed by atoms with E-state index >= 15 is 0 Å². The van der Waals surface area contributed by atoms with Gasteiger partial charge < -0.3 is 15.2 Å². The molecule has 0 radical (unpaired) electrons. The number of nitrogens with zero attached hydrogens (tertiary/aromatic N) is 5. The number of rotatable bonds is 4. The summed E-state index contributed by atoms with van der Waals surface area (Å²) in [6, 6.07) is 5.26. The number of aromatic hydroxyl groups is 1. The first kappa shape index (κ1) is 18.4. The van der Waals surface area contributed by atoms with Crippen molar-refractivity contribution in [2.75, 3.05) is 0 Å². The molecule has 4 atom stereocenters. The second kappa shape index (κ2) is 7.34. The molecular weight excluding hydrogens is 395 g/mol. The molecule has 1 aromatic carbocycles. The summed E-state index contributed by atoms with van der Waals surface area (Å²) < 4.78 is 20.6. The first-order valence-corrected chi connectivity index (χ1v) is 10.5. The Hall–Kier alpha value is -2.59. The van der Waals surface area contributed by atoms with E-state index in [1.807, 2.05) is 6.92 Å². The minimum Gasteiger partial charge on any atom is -0.507 e. The van der Waals surface area contributed by atoms with Crippen LogP contribution in [0, 0.1) is 6.92 Å². The van der Waals surface area contributed by atoms with Gasteiger partial charge in [-0.2, -0.15) is 15.0 Å². The van der Waals surface area contributed by atoms with Crippen LogP contribution in [0.2, 0.25) is 0 Å². The quantitative estimate of drug-likeness (QED) is 0.675. The fourth-order valence-electron chi connectivity index (χ4n) is 4.06. The fraction of sp³-hybridized carbons (Fsp3) is 0.474. The van der Waals surface area contributed by atoms with Crippen LogP contribution < -0.4 is 10.1 Å². The summed E-state index contributed by atoms with van der Waals surface area (Å²) >= 11 is 1.20. The predicted octanol–water partition coefficient (Wildman–Crippen LogP) is 2.80. The number of hydrogen-bond acceptors (Lipinski definition) is 8. The van der Waals surface area contributed by atoms with Crippen LogP contribution in [0.4, 0.5) is 4.39 Å². The molecule has 2 aliphatic rings.